The van der Waals surface area contributed by atoms with Crippen LogP contribution in [0.25, 0.3) is 0 Å². The van der Waals surface area contributed by atoms with Gasteiger partial charge in [0, 0.05) is 30.9 Å². The highest BCUT2D eigenvalue weighted by Gasteiger charge is 2.37. The molecule has 140 valence electrons. The third-order valence-electron chi connectivity index (χ3n) is 4.70. The molecule has 1 heterocycles. The standard InChI is InChI=1S/C21H22N2O4/c1-3-22(17-9-5-4-6-10-17)20(25)16-13-19(24)23(14-16)18-11-7-8-15(12-18)21(26)27-2/h4-12,16H,3,13-14H2,1-2H3. The molecule has 0 spiro atoms. The minimum absolute atomic E-state index is 0.0660. The van der Waals surface area contributed by atoms with Crippen LogP contribution in [-0.2, 0) is 14.3 Å². The molecule has 1 aliphatic rings. The van der Waals surface area contributed by atoms with Crippen molar-refractivity contribution in [1.29, 1.82) is 0 Å². The number of nitrogens with zero attached hydrogens (tertiary/aromatic N) is 2. The monoisotopic (exact) mass is 366 g/mol. The molecule has 2 aromatic carbocycles. The molecule has 2 amide bonds. The number of hydrogen-bond donors (Lipinski definition) is 0. The van der Waals surface area contributed by atoms with Crippen LogP contribution in [0, 0.1) is 5.92 Å². The maximum absolute atomic E-state index is 13.0. The fourth-order valence-electron chi connectivity index (χ4n) is 3.34. The summed E-state index contributed by atoms with van der Waals surface area (Å²) in [7, 11) is 1.31. The molecule has 1 unspecified atom stereocenters. The average Bonchev–Trinajstić information content (AvgIpc) is 3.10. The van der Waals surface area contributed by atoms with Crippen LogP contribution < -0.4 is 9.80 Å². The topological polar surface area (TPSA) is 66.9 Å². The molecular formula is C21H22N2O4. The number of carbonyl (C=O) groups is 3. The number of carbonyl (C=O) groups excluding carboxylic acids is 3. The van der Waals surface area contributed by atoms with Gasteiger partial charge in [0.25, 0.3) is 0 Å². The Morgan fingerprint density at radius 3 is 2.56 bits per heavy atom. The molecule has 1 fully saturated rings. The first-order valence-electron chi connectivity index (χ1n) is 8.90. The Kier molecular flexibility index (Phi) is 5.54. The molecule has 0 aliphatic carbocycles. The third kappa shape index (κ3) is 3.84. The number of esters is 1. The predicted molar refractivity (Wildman–Crippen MR) is 103 cm³/mol. The number of hydrogen-bond acceptors (Lipinski definition) is 4. The van der Waals surface area contributed by atoms with Gasteiger partial charge in [-0.25, -0.2) is 4.79 Å². The predicted octanol–water partition coefficient (Wildman–Crippen LogP) is 2.88. The maximum Gasteiger partial charge on any atom is 0.337 e. The van der Waals surface area contributed by atoms with Gasteiger partial charge in [-0.05, 0) is 37.3 Å². The number of ether oxygens (including phenoxy) is 1. The average molecular weight is 366 g/mol. The van der Waals surface area contributed by atoms with Crippen LogP contribution in [0.5, 0.6) is 0 Å². The van der Waals surface area contributed by atoms with Crippen LogP contribution >= 0.6 is 0 Å². The van der Waals surface area contributed by atoms with E-state index in [1.54, 1.807) is 34.1 Å². The van der Waals surface area contributed by atoms with E-state index in [9.17, 15) is 14.4 Å². The van der Waals surface area contributed by atoms with E-state index >= 15 is 0 Å². The summed E-state index contributed by atoms with van der Waals surface area (Å²) in [5.74, 6) is -1.07. The summed E-state index contributed by atoms with van der Waals surface area (Å²) in [5.41, 5.74) is 1.79. The van der Waals surface area contributed by atoms with Crippen LogP contribution in [0.15, 0.2) is 54.6 Å². The molecule has 27 heavy (non-hydrogen) atoms. The highest BCUT2D eigenvalue weighted by atomic mass is 16.5. The molecule has 2 aromatic rings. The number of benzene rings is 2. The highest BCUT2D eigenvalue weighted by molar-refractivity contribution is 6.05. The number of anilines is 2. The van der Waals surface area contributed by atoms with E-state index in [1.807, 2.05) is 37.3 Å². The Morgan fingerprint density at radius 1 is 1.15 bits per heavy atom. The van der Waals surface area contributed by atoms with E-state index in [2.05, 4.69) is 0 Å². The van der Waals surface area contributed by atoms with Crippen molar-refractivity contribution in [2.24, 2.45) is 5.92 Å². The molecule has 0 bridgehead atoms. The Labute approximate surface area is 158 Å². The van der Waals surface area contributed by atoms with Crippen molar-refractivity contribution >= 4 is 29.2 Å². The number of methoxy groups -OCH3 is 1. The van der Waals surface area contributed by atoms with Crippen LogP contribution in [-0.4, -0.2) is 38.0 Å². The minimum atomic E-state index is -0.461. The van der Waals surface area contributed by atoms with Gasteiger partial charge in [-0.15, -0.1) is 0 Å². The van der Waals surface area contributed by atoms with Gasteiger partial charge in [0.05, 0.1) is 18.6 Å². The molecule has 1 saturated heterocycles. The molecule has 0 radical (unpaired) electrons. The lowest BCUT2D eigenvalue weighted by Gasteiger charge is -2.24. The Morgan fingerprint density at radius 2 is 1.89 bits per heavy atom. The van der Waals surface area contributed by atoms with Gasteiger partial charge < -0.3 is 14.5 Å². The van der Waals surface area contributed by atoms with Crippen molar-refractivity contribution in [2.75, 3.05) is 30.0 Å². The molecular weight excluding hydrogens is 344 g/mol. The summed E-state index contributed by atoms with van der Waals surface area (Å²) in [6.07, 6.45) is 0.157. The van der Waals surface area contributed by atoms with E-state index in [0.717, 1.165) is 5.69 Å². The van der Waals surface area contributed by atoms with Crippen molar-refractivity contribution in [1.82, 2.24) is 0 Å². The molecule has 6 nitrogen and oxygen atoms in total. The normalized spacial score (nSPS) is 16.3. The van der Waals surface area contributed by atoms with Crippen molar-refractivity contribution in [3.63, 3.8) is 0 Å². The highest BCUT2D eigenvalue weighted by Crippen LogP contribution is 2.28. The second kappa shape index (κ2) is 8.03. The van der Waals surface area contributed by atoms with Gasteiger partial charge >= 0.3 is 5.97 Å². The van der Waals surface area contributed by atoms with Gasteiger partial charge in [-0.3, -0.25) is 9.59 Å². The van der Waals surface area contributed by atoms with E-state index in [1.165, 1.54) is 7.11 Å². The zero-order chi connectivity index (χ0) is 19.4. The SMILES string of the molecule is CCN(C(=O)C1CC(=O)N(c2cccc(C(=O)OC)c2)C1)c1ccccc1. The van der Waals surface area contributed by atoms with Gasteiger partial charge in [0.2, 0.25) is 11.8 Å². The van der Waals surface area contributed by atoms with Crippen molar-refractivity contribution in [3.8, 4) is 0 Å². The summed E-state index contributed by atoms with van der Waals surface area (Å²) in [6.45, 7) is 2.75. The van der Waals surface area contributed by atoms with Crippen LogP contribution in [0.4, 0.5) is 11.4 Å². The lowest BCUT2D eigenvalue weighted by atomic mass is 10.1. The number of amides is 2. The van der Waals surface area contributed by atoms with Crippen LogP contribution in [0.2, 0.25) is 0 Å². The van der Waals surface area contributed by atoms with E-state index in [0.29, 0.717) is 24.3 Å². The number of rotatable bonds is 5. The molecule has 1 atom stereocenters. The van der Waals surface area contributed by atoms with Crippen molar-refractivity contribution in [3.05, 3.63) is 60.2 Å². The summed E-state index contributed by atoms with van der Waals surface area (Å²) < 4.78 is 4.73. The van der Waals surface area contributed by atoms with Gasteiger partial charge in [0.15, 0.2) is 0 Å². The van der Waals surface area contributed by atoms with Gasteiger partial charge in [-0.1, -0.05) is 24.3 Å². The largest absolute Gasteiger partial charge is 0.465 e. The third-order valence-corrected chi connectivity index (χ3v) is 4.70. The van der Waals surface area contributed by atoms with Crippen LogP contribution in [0.3, 0.4) is 0 Å². The first-order chi connectivity index (χ1) is 13.0. The van der Waals surface area contributed by atoms with Crippen molar-refractivity contribution < 1.29 is 19.1 Å². The Hall–Kier alpha value is -3.15. The quantitative estimate of drug-likeness (QED) is 0.763. The van der Waals surface area contributed by atoms with E-state index in [-0.39, 0.29) is 18.2 Å². The van der Waals surface area contributed by atoms with Gasteiger partial charge in [-0.2, -0.15) is 0 Å². The minimum Gasteiger partial charge on any atom is -0.465 e. The molecule has 0 saturated carbocycles. The molecule has 3 rings (SSSR count). The summed E-state index contributed by atoms with van der Waals surface area (Å²) in [5, 5.41) is 0. The van der Waals surface area contributed by atoms with E-state index < -0.39 is 11.9 Å². The number of para-hydroxylation sites is 1. The zero-order valence-electron chi connectivity index (χ0n) is 15.4. The lowest BCUT2D eigenvalue weighted by molar-refractivity contribution is -0.124. The lowest BCUT2D eigenvalue weighted by Crippen LogP contribution is -2.37. The first kappa shape index (κ1) is 18.6. The maximum atomic E-state index is 13.0. The molecule has 0 N–H and O–H groups in total. The second-order valence-electron chi connectivity index (χ2n) is 6.37. The fourth-order valence-corrected chi connectivity index (χ4v) is 3.34. The molecule has 1 aliphatic heterocycles. The van der Waals surface area contributed by atoms with Crippen molar-refractivity contribution in [2.45, 2.75) is 13.3 Å². The zero-order valence-corrected chi connectivity index (χ0v) is 15.4. The fraction of sp³-hybridized carbons (Fsp3) is 0.286. The van der Waals surface area contributed by atoms with Crippen LogP contribution in [0.1, 0.15) is 23.7 Å². The Balaban J connectivity index is 1.79. The van der Waals surface area contributed by atoms with E-state index in [4.69, 9.17) is 4.74 Å². The molecule has 6 heteroatoms. The summed E-state index contributed by atoms with van der Waals surface area (Å²) in [6, 6.07) is 16.1. The Bertz CT molecular complexity index is 850. The van der Waals surface area contributed by atoms with Gasteiger partial charge in [0.1, 0.15) is 0 Å². The second-order valence-corrected chi connectivity index (χ2v) is 6.37. The molecule has 0 aromatic heterocycles. The summed E-state index contributed by atoms with van der Waals surface area (Å²) >= 11 is 0. The smallest absolute Gasteiger partial charge is 0.337 e. The first-order valence-corrected chi connectivity index (χ1v) is 8.90. The summed E-state index contributed by atoms with van der Waals surface area (Å²) in [4.78, 5) is 40.5.